The summed E-state index contributed by atoms with van der Waals surface area (Å²) in [6.45, 7) is 5.76. The van der Waals surface area contributed by atoms with Gasteiger partial charge in [0.1, 0.15) is 29.0 Å². The highest BCUT2D eigenvalue weighted by molar-refractivity contribution is 6.31. The molecule has 8 N–H and O–H groups in total. The van der Waals surface area contributed by atoms with Crippen molar-refractivity contribution in [1.82, 2.24) is 0 Å². The Hall–Kier alpha value is -3.47. The highest BCUT2D eigenvalue weighted by atomic mass is 16.7. The van der Waals surface area contributed by atoms with Crippen LogP contribution in [-0.2, 0) is 30.2 Å². The molecule has 14 heteroatoms. The maximum atomic E-state index is 13.6. The number of hydrogen-bond acceptors (Lipinski definition) is 14. The maximum absolute atomic E-state index is 13.6. The molecule has 0 saturated carbocycles. The number of phenols is 3. The van der Waals surface area contributed by atoms with Gasteiger partial charge >= 0.3 is 0 Å². The van der Waals surface area contributed by atoms with Crippen LogP contribution in [0.1, 0.15) is 96.0 Å². The Bertz CT molecular complexity index is 1560. The van der Waals surface area contributed by atoms with Crippen molar-refractivity contribution in [2.45, 2.75) is 108 Å². The van der Waals surface area contributed by atoms with Gasteiger partial charge in [0.05, 0.1) is 47.7 Å². The second-order valence-electron chi connectivity index (χ2n) is 12.7. The average Bonchev–Trinajstić information content (AvgIpc) is 2.98. The number of benzene rings is 2. The first-order valence-electron chi connectivity index (χ1n) is 15.5. The first-order chi connectivity index (χ1) is 22.1. The second kappa shape index (κ2) is 13.2. The molecule has 0 aromatic heterocycles. The molecule has 0 spiro atoms. The van der Waals surface area contributed by atoms with Gasteiger partial charge in [-0.1, -0.05) is 12.1 Å². The zero-order chi connectivity index (χ0) is 34.5. The van der Waals surface area contributed by atoms with Crippen LogP contribution >= 0.6 is 0 Å². The third-order valence-electron chi connectivity index (χ3n) is 9.04. The predicted molar refractivity (Wildman–Crippen MR) is 162 cm³/mol. The number of carbonyl (C=O) groups is 3. The summed E-state index contributed by atoms with van der Waals surface area (Å²) in [5.74, 6) is -4.26. The SMILES string of the molecule is CC(=O)[C@]1(O)Cc2c(O)c3c(c(O)c2[C@@H](O[C@H]2C[C@H](N)[C@H](OC(C[C@H](C)O)O[C@@H](C)CO)[C@H](C)O2)C1)C(=O)c1c(O)cccc1C3=O. The summed E-state index contributed by atoms with van der Waals surface area (Å²) in [4.78, 5) is 39.8. The van der Waals surface area contributed by atoms with E-state index in [0.717, 1.165) is 6.92 Å². The molecule has 1 unspecified atom stereocenters. The summed E-state index contributed by atoms with van der Waals surface area (Å²) in [5, 5.41) is 64.2. The van der Waals surface area contributed by atoms with Gasteiger partial charge in [-0.05, 0) is 33.8 Å². The minimum Gasteiger partial charge on any atom is -0.507 e. The normalized spacial score (nSPS) is 29.0. The van der Waals surface area contributed by atoms with Gasteiger partial charge in [0, 0.05) is 48.4 Å². The van der Waals surface area contributed by atoms with Gasteiger partial charge in [-0.3, -0.25) is 14.4 Å². The van der Waals surface area contributed by atoms with Gasteiger partial charge in [0.25, 0.3) is 0 Å². The summed E-state index contributed by atoms with van der Waals surface area (Å²) in [6, 6.07) is 3.17. The first kappa shape index (κ1) is 34.9. The molecule has 1 heterocycles. The topological polar surface area (TPSA) is 236 Å². The molecule has 14 nitrogen and oxygen atoms in total. The molecule has 47 heavy (non-hydrogen) atoms. The molecule has 5 rings (SSSR count). The number of carbonyl (C=O) groups excluding carboxylic acids is 3. The molecule has 3 aliphatic rings. The lowest BCUT2D eigenvalue weighted by molar-refractivity contribution is -0.285. The summed E-state index contributed by atoms with van der Waals surface area (Å²) in [6.07, 6.45) is -6.88. The van der Waals surface area contributed by atoms with Crippen LogP contribution in [0.3, 0.4) is 0 Å². The molecule has 2 aliphatic carbocycles. The third kappa shape index (κ3) is 6.39. The maximum Gasteiger partial charge on any atom is 0.202 e. The van der Waals surface area contributed by atoms with Crippen LogP contribution in [0.5, 0.6) is 17.2 Å². The largest absolute Gasteiger partial charge is 0.507 e. The van der Waals surface area contributed by atoms with Crippen LogP contribution in [0.15, 0.2) is 18.2 Å². The van der Waals surface area contributed by atoms with Crippen molar-refractivity contribution >= 4 is 17.3 Å². The highest BCUT2D eigenvalue weighted by Gasteiger charge is 2.49. The van der Waals surface area contributed by atoms with Crippen molar-refractivity contribution in [2.24, 2.45) is 5.73 Å². The Morgan fingerprint density at radius 3 is 2.40 bits per heavy atom. The fourth-order valence-corrected chi connectivity index (χ4v) is 6.60. The molecular formula is C33H41NO13. The molecule has 1 fully saturated rings. The molecule has 256 valence electrons. The quantitative estimate of drug-likeness (QED) is 0.120. The highest BCUT2D eigenvalue weighted by Crippen LogP contribution is 2.52. The number of ketones is 3. The summed E-state index contributed by atoms with van der Waals surface area (Å²) in [5.41, 5.74) is 2.60. The van der Waals surface area contributed by atoms with E-state index in [1.54, 1.807) is 20.8 Å². The molecule has 0 amide bonds. The van der Waals surface area contributed by atoms with Crippen molar-refractivity contribution in [3.05, 3.63) is 51.6 Å². The van der Waals surface area contributed by atoms with Gasteiger partial charge in [0.2, 0.25) is 5.78 Å². The Morgan fingerprint density at radius 2 is 1.79 bits per heavy atom. The van der Waals surface area contributed by atoms with E-state index in [0.29, 0.717) is 0 Å². The number of Topliss-reactive ketones (excluding diaryl/α,β-unsaturated/α-hetero) is 1. The smallest absolute Gasteiger partial charge is 0.202 e. The van der Waals surface area contributed by atoms with E-state index < -0.39 is 113 Å². The third-order valence-corrected chi connectivity index (χ3v) is 9.04. The fraction of sp³-hybridized carbons (Fsp3) is 0.545. The number of rotatable bonds is 10. The van der Waals surface area contributed by atoms with Crippen molar-refractivity contribution in [1.29, 1.82) is 0 Å². The monoisotopic (exact) mass is 659 g/mol. The zero-order valence-electron chi connectivity index (χ0n) is 26.5. The van der Waals surface area contributed by atoms with E-state index in [2.05, 4.69) is 0 Å². The van der Waals surface area contributed by atoms with Crippen LogP contribution in [0.2, 0.25) is 0 Å². The van der Waals surface area contributed by atoms with Crippen LogP contribution in [0.4, 0.5) is 0 Å². The molecule has 1 saturated heterocycles. The number of phenolic OH excluding ortho intramolecular Hbond substituents is 3. The number of fused-ring (bicyclic) bond motifs is 3. The van der Waals surface area contributed by atoms with E-state index in [-0.39, 0.29) is 41.7 Å². The summed E-state index contributed by atoms with van der Waals surface area (Å²) in [7, 11) is 0. The number of ether oxygens (including phenoxy) is 4. The summed E-state index contributed by atoms with van der Waals surface area (Å²) >= 11 is 0. The van der Waals surface area contributed by atoms with Crippen molar-refractivity contribution in [3.63, 3.8) is 0 Å². The zero-order valence-corrected chi connectivity index (χ0v) is 26.5. The standard InChI is InChI=1S/C33H41NO13/c1-13(36)8-22(44-14(2)12-35)47-32-15(3)45-23(9-19(32)34)46-21-11-33(43,16(4)37)10-18-25(21)31(42)27-26(29(18)40)28(39)17-6-5-7-20(38)24(17)30(27)41/h5-7,13-15,19,21-23,32,35-36,38,40,42-43H,8-12,34H2,1-4H3/t13-,14-,15-,19-,21-,22?,23-,32+,33-/m0/s1. The van der Waals surface area contributed by atoms with E-state index in [1.165, 1.54) is 18.2 Å². The first-order valence-corrected chi connectivity index (χ1v) is 15.5. The lowest BCUT2D eigenvalue weighted by atomic mass is 9.72. The van der Waals surface area contributed by atoms with Gasteiger partial charge in [-0.25, -0.2) is 0 Å². The molecule has 2 aromatic rings. The number of aliphatic hydroxyl groups excluding tert-OH is 2. The molecule has 2 aromatic carbocycles. The van der Waals surface area contributed by atoms with Crippen LogP contribution in [0.25, 0.3) is 0 Å². The minimum atomic E-state index is -2.07. The van der Waals surface area contributed by atoms with Gasteiger partial charge in [-0.2, -0.15) is 0 Å². The van der Waals surface area contributed by atoms with E-state index in [9.17, 15) is 45.0 Å². The van der Waals surface area contributed by atoms with Crippen LogP contribution in [-0.4, -0.2) is 103 Å². The molecular weight excluding hydrogens is 618 g/mol. The van der Waals surface area contributed by atoms with Gasteiger partial charge in [0.15, 0.2) is 24.1 Å². The van der Waals surface area contributed by atoms with E-state index in [1.807, 2.05) is 0 Å². The van der Waals surface area contributed by atoms with Crippen LogP contribution in [0, 0.1) is 0 Å². The van der Waals surface area contributed by atoms with Gasteiger partial charge < -0.3 is 55.3 Å². The molecule has 1 aliphatic heterocycles. The van der Waals surface area contributed by atoms with Crippen molar-refractivity contribution in [2.75, 3.05) is 6.61 Å². The molecule has 0 radical (unpaired) electrons. The van der Waals surface area contributed by atoms with Crippen molar-refractivity contribution in [3.8, 4) is 17.2 Å². The predicted octanol–water partition coefficient (Wildman–Crippen LogP) is 1.24. The number of aliphatic hydroxyl groups is 3. The lowest BCUT2D eigenvalue weighted by Gasteiger charge is -2.43. The lowest BCUT2D eigenvalue weighted by Crippen LogP contribution is -2.55. The number of hydrogen-bond donors (Lipinski definition) is 7. The Kier molecular flexibility index (Phi) is 9.79. The fourth-order valence-electron chi connectivity index (χ4n) is 6.60. The molecule has 9 atom stereocenters. The Labute approximate surface area is 270 Å². The van der Waals surface area contributed by atoms with Crippen LogP contribution < -0.4 is 5.73 Å². The Morgan fingerprint density at radius 1 is 1.11 bits per heavy atom. The summed E-state index contributed by atoms with van der Waals surface area (Å²) < 4.78 is 24.1. The Balaban J connectivity index is 1.48. The number of aromatic hydroxyl groups is 3. The molecule has 0 bridgehead atoms. The van der Waals surface area contributed by atoms with Gasteiger partial charge in [-0.15, -0.1) is 0 Å². The second-order valence-corrected chi connectivity index (χ2v) is 12.7. The average molecular weight is 660 g/mol. The van der Waals surface area contributed by atoms with E-state index in [4.69, 9.17) is 24.7 Å². The minimum absolute atomic E-state index is 0.0205. The number of nitrogens with two attached hydrogens (primary N) is 1. The van der Waals surface area contributed by atoms with Crippen molar-refractivity contribution < 1.29 is 64.0 Å². The van der Waals surface area contributed by atoms with E-state index >= 15 is 0 Å².